The smallest absolute Gasteiger partial charge is 0.276 e. The molecule has 82 valence electrons. The summed E-state index contributed by atoms with van der Waals surface area (Å²) in [7, 11) is 0. The third-order valence-electron chi connectivity index (χ3n) is 2.64. The lowest BCUT2D eigenvalue weighted by Gasteiger charge is -1.93. The van der Waals surface area contributed by atoms with Crippen LogP contribution < -0.4 is 5.73 Å². The quantitative estimate of drug-likeness (QED) is 0.844. The van der Waals surface area contributed by atoms with E-state index in [2.05, 4.69) is 15.1 Å². The molecule has 1 aliphatic carbocycles. The SMILES string of the molecule is Nc1ccc(-c2nc(CC3CC3)no2)nc1. The molecule has 2 heterocycles. The first-order valence-corrected chi connectivity index (χ1v) is 5.36. The molecule has 1 aliphatic rings. The van der Waals surface area contributed by atoms with E-state index in [1.807, 2.05) is 0 Å². The summed E-state index contributed by atoms with van der Waals surface area (Å²) in [6, 6.07) is 3.55. The van der Waals surface area contributed by atoms with Gasteiger partial charge in [0.25, 0.3) is 5.89 Å². The second kappa shape index (κ2) is 3.59. The predicted octanol–water partition coefficient (Wildman–Crippen LogP) is 1.67. The largest absolute Gasteiger partial charge is 0.397 e. The molecular formula is C11H12N4O. The van der Waals surface area contributed by atoms with Gasteiger partial charge in [0.1, 0.15) is 5.69 Å². The van der Waals surface area contributed by atoms with Crippen LogP contribution in [-0.4, -0.2) is 15.1 Å². The second-order valence-electron chi connectivity index (χ2n) is 4.14. The van der Waals surface area contributed by atoms with Gasteiger partial charge in [-0.3, -0.25) is 0 Å². The standard InChI is InChI=1S/C11H12N4O/c12-8-3-4-9(13-6-8)11-14-10(15-16-11)5-7-1-2-7/h3-4,6-7H,1-2,5,12H2. The average molecular weight is 216 g/mol. The summed E-state index contributed by atoms with van der Waals surface area (Å²) in [4.78, 5) is 8.44. The Kier molecular flexibility index (Phi) is 2.09. The molecule has 0 unspecified atom stereocenters. The zero-order chi connectivity index (χ0) is 11.0. The summed E-state index contributed by atoms with van der Waals surface area (Å²) < 4.78 is 5.15. The van der Waals surface area contributed by atoms with E-state index in [1.54, 1.807) is 18.3 Å². The molecule has 1 saturated carbocycles. The fourth-order valence-electron chi connectivity index (χ4n) is 1.55. The van der Waals surface area contributed by atoms with Gasteiger partial charge in [-0.15, -0.1) is 0 Å². The van der Waals surface area contributed by atoms with Gasteiger partial charge in [0.05, 0.1) is 11.9 Å². The van der Waals surface area contributed by atoms with Crippen LogP contribution in [0.4, 0.5) is 5.69 Å². The Morgan fingerprint density at radius 3 is 2.94 bits per heavy atom. The van der Waals surface area contributed by atoms with Gasteiger partial charge in [-0.05, 0) is 30.9 Å². The maximum atomic E-state index is 5.55. The zero-order valence-corrected chi connectivity index (χ0v) is 8.76. The highest BCUT2D eigenvalue weighted by atomic mass is 16.5. The molecule has 0 aromatic carbocycles. The summed E-state index contributed by atoms with van der Waals surface area (Å²) in [5.74, 6) is 2.00. The minimum absolute atomic E-state index is 0.468. The topological polar surface area (TPSA) is 77.8 Å². The van der Waals surface area contributed by atoms with Crippen LogP contribution in [-0.2, 0) is 6.42 Å². The number of hydrogen-bond donors (Lipinski definition) is 1. The number of pyridine rings is 1. The molecule has 2 aromatic rings. The van der Waals surface area contributed by atoms with Crippen LogP contribution in [0.2, 0.25) is 0 Å². The van der Waals surface area contributed by atoms with Gasteiger partial charge in [0, 0.05) is 6.42 Å². The molecule has 0 aliphatic heterocycles. The normalized spacial score (nSPS) is 15.2. The minimum atomic E-state index is 0.468. The molecule has 5 nitrogen and oxygen atoms in total. The Morgan fingerprint density at radius 1 is 1.38 bits per heavy atom. The van der Waals surface area contributed by atoms with Gasteiger partial charge in [-0.25, -0.2) is 4.98 Å². The van der Waals surface area contributed by atoms with Crippen molar-refractivity contribution in [3.8, 4) is 11.6 Å². The maximum Gasteiger partial charge on any atom is 0.276 e. The number of nitrogens with two attached hydrogens (primary N) is 1. The van der Waals surface area contributed by atoms with Gasteiger partial charge < -0.3 is 10.3 Å². The maximum absolute atomic E-state index is 5.55. The number of anilines is 1. The van der Waals surface area contributed by atoms with E-state index in [0.29, 0.717) is 17.3 Å². The molecular weight excluding hydrogens is 204 g/mol. The van der Waals surface area contributed by atoms with Crippen molar-refractivity contribution in [2.45, 2.75) is 19.3 Å². The van der Waals surface area contributed by atoms with E-state index < -0.39 is 0 Å². The third kappa shape index (κ3) is 1.88. The Morgan fingerprint density at radius 2 is 2.25 bits per heavy atom. The summed E-state index contributed by atoms with van der Waals surface area (Å²) in [6.07, 6.45) is 5.06. The van der Waals surface area contributed by atoms with E-state index >= 15 is 0 Å². The Bertz CT molecular complexity index is 487. The van der Waals surface area contributed by atoms with Crippen molar-refractivity contribution in [2.24, 2.45) is 5.92 Å². The van der Waals surface area contributed by atoms with Crippen LogP contribution in [0.25, 0.3) is 11.6 Å². The molecule has 0 saturated heterocycles. The molecule has 3 rings (SSSR count). The predicted molar refractivity (Wildman–Crippen MR) is 58.4 cm³/mol. The molecule has 0 spiro atoms. The number of aromatic nitrogens is 3. The fourth-order valence-corrected chi connectivity index (χ4v) is 1.55. The van der Waals surface area contributed by atoms with E-state index in [0.717, 1.165) is 18.2 Å². The minimum Gasteiger partial charge on any atom is -0.397 e. The molecule has 16 heavy (non-hydrogen) atoms. The van der Waals surface area contributed by atoms with Crippen molar-refractivity contribution in [3.63, 3.8) is 0 Å². The van der Waals surface area contributed by atoms with Crippen LogP contribution in [0.5, 0.6) is 0 Å². The lowest BCUT2D eigenvalue weighted by atomic mass is 10.3. The van der Waals surface area contributed by atoms with Crippen LogP contribution in [0, 0.1) is 5.92 Å². The molecule has 0 atom stereocenters. The van der Waals surface area contributed by atoms with Crippen molar-refractivity contribution in [1.29, 1.82) is 0 Å². The van der Waals surface area contributed by atoms with Crippen molar-refractivity contribution in [1.82, 2.24) is 15.1 Å². The fraction of sp³-hybridized carbons (Fsp3) is 0.364. The number of nitrogen functional groups attached to an aromatic ring is 1. The molecule has 5 heteroatoms. The van der Waals surface area contributed by atoms with E-state index in [9.17, 15) is 0 Å². The van der Waals surface area contributed by atoms with Crippen molar-refractivity contribution >= 4 is 5.69 Å². The molecule has 2 aromatic heterocycles. The Balaban J connectivity index is 1.82. The van der Waals surface area contributed by atoms with Gasteiger partial charge in [-0.2, -0.15) is 4.98 Å². The highest BCUT2D eigenvalue weighted by molar-refractivity contribution is 5.50. The van der Waals surface area contributed by atoms with Crippen LogP contribution in [0.1, 0.15) is 18.7 Å². The third-order valence-corrected chi connectivity index (χ3v) is 2.64. The summed E-state index contributed by atoms with van der Waals surface area (Å²) in [6.45, 7) is 0. The molecule has 1 fully saturated rings. The van der Waals surface area contributed by atoms with Crippen LogP contribution in [0.3, 0.4) is 0 Å². The molecule has 0 bridgehead atoms. The summed E-state index contributed by atoms with van der Waals surface area (Å²) in [5.41, 5.74) is 6.85. The first kappa shape index (κ1) is 9.33. The molecule has 2 N–H and O–H groups in total. The van der Waals surface area contributed by atoms with Gasteiger partial charge in [0.2, 0.25) is 0 Å². The molecule has 0 amide bonds. The zero-order valence-electron chi connectivity index (χ0n) is 8.76. The van der Waals surface area contributed by atoms with Crippen LogP contribution >= 0.6 is 0 Å². The summed E-state index contributed by atoms with van der Waals surface area (Å²) in [5, 5.41) is 3.94. The van der Waals surface area contributed by atoms with Gasteiger partial charge in [0.15, 0.2) is 5.82 Å². The van der Waals surface area contributed by atoms with Crippen molar-refractivity contribution in [3.05, 3.63) is 24.2 Å². The number of rotatable bonds is 3. The highest BCUT2D eigenvalue weighted by Crippen LogP contribution is 2.32. The van der Waals surface area contributed by atoms with Gasteiger partial charge in [-0.1, -0.05) is 5.16 Å². The van der Waals surface area contributed by atoms with E-state index in [1.165, 1.54) is 12.8 Å². The first-order chi connectivity index (χ1) is 7.81. The number of hydrogen-bond acceptors (Lipinski definition) is 5. The lowest BCUT2D eigenvalue weighted by Crippen LogP contribution is -1.90. The Labute approximate surface area is 92.7 Å². The second-order valence-corrected chi connectivity index (χ2v) is 4.14. The average Bonchev–Trinajstić information content (AvgIpc) is 2.97. The first-order valence-electron chi connectivity index (χ1n) is 5.36. The van der Waals surface area contributed by atoms with Crippen LogP contribution in [0.15, 0.2) is 22.9 Å². The number of nitrogens with zero attached hydrogens (tertiary/aromatic N) is 3. The Hall–Kier alpha value is -1.91. The highest BCUT2D eigenvalue weighted by Gasteiger charge is 2.24. The monoisotopic (exact) mass is 216 g/mol. The summed E-state index contributed by atoms with van der Waals surface area (Å²) >= 11 is 0. The van der Waals surface area contributed by atoms with E-state index in [4.69, 9.17) is 10.3 Å². The van der Waals surface area contributed by atoms with E-state index in [-0.39, 0.29) is 0 Å². The van der Waals surface area contributed by atoms with Crippen molar-refractivity contribution in [2.75, 3.05) is 5.73 Å². The van der Waals surface area contributed by atoms with Gasteiger partial charge >= 0.3 is 0 Å². The lowest BCUT2D eigenvalue weighted by molar-refractivity contribution is 0.420. The molecule has 0 radical (unpaired) electrons. The van der Waals surface area contributed by atoms with Crippen molar-refractivity contribution < 1.29 is 4.52 Å².